The molecule has 0 aliphatic carbocycles. The third-order valence-electron chi connectivity index (χ3n) is 3.80. The highest BCUT2D eigenvalue weighted by Gasteiger charge is 2.28. The quantitative estimate of drug-likeness (QED) is 0.779. The van der Waals surface area contributed by atoms with Gasteiger partial charge in [-0.05, 0) is 38.2 Å². The van der Waals surface area contributed by atoms with Crippen molar-refractivity contribution in [1.29, 1.82) is 0 Å². The summed E-state index contributed by atoms with van der Waals surface area (Å²) >= 11 is 5.78. The van der Waals surface area contributed by atoms with E-state index < -0.39 is 0 Å². The Kier molecular flexibility index (Phi) is 4.86. The second-order valence-electron chi connectivity index (χ2n) is 5.07. The van der Waals surface area contributed by atoms with E-state index in [0.717, 1.165) is 50.3 Å². The van der Waals surface area contributed by atoms with Gasteiger partial charge in [-0.1, -0.05) is 6.92 Å². The molecule has 1 aromatic heterocycles. The van der Waals surface area contributed by atoms with Crippen LogP contribution in [0.2, 0.25) is 0 Å². The van der Waals surface area contributed by atoms with Crippen LogP contribution >= 0.6 is 11.6 Å². The SMILES string of the molecule is CCc1cc(C(=O)N2CCC(CCCl)C2)n(CC)n1. The Balaban J connectivity index is 2.09. The van der Waals surface area contributed by atoms with Crippen molar-refractivity contribution in [3.8, 4) is 0 Å². The summed E-state index contributed by atoms with van der Waals surface area (Å²) in [6.07, 6.45) is 2.93. The van der Waals surface area contributed by atoms with Crippen molar-refractivity contribution in [2.24, 2.45) is 5.92 Å². The van der Waals surface area contributed by atoms with E-state index in [4.69, 9.17) is 11.6 Å². The number of likely N-dealkylation sites (tertiary alicyclic amines) is 1. The zero-order valence-electron chi connectivity index (χ0n) is 11.7. The van der Waals surface area contributed by atoms with Crippen molar-refractivity contribution < 1.29 is 4.79 Å². The predicted molar refractivity (Wildman–Crippen MR) is 76.6 cm³/mol. The molecule has 0 spiro atoms. The number of aromatic nitrogens is 2. The summed E-state index contributed by atoms with van der Waals surface area (Å²) in [7, 11) is 0. The molecule has 2 rings (SSSR count). The number of carbonyl (C=O) groups is 1. The zero-order valence-corrected chi connectivity index (χ0v) is 12.5. The van der Waals surface area contributed by atoms with Crippen molar-refractivity contribution in [2.75, 3.05) is 19.0 Å². The number of alkyl halides is 1. The molecule has 0 aromatic carbocycles. The lowest BCUT2D eigenvalue weighted by Gasteiger charge is -2.16. The standard InChI is InChI=1S/C14H22ClN3O/c1-3-12-9-13(18(4-2)16-12)14(19)17-8-6-11(10-17)5-7-15/h9,11H,3-8,10H2,1-2H3. The van der Waals surface area contributed by atoms with Crippen molar-refractivity contribution in [3.63, 3.8) is 0 Å². The molecule has 1 aromatic rings. The summed E-state index contributed by atoms with van der Waals surface area (Å²) in [5, 5.41) is 4.44. The molecule has 0 radical (unpaired) electrons. The molecule has 106 valence electrons. The molecule has 4 nitrogen and oxygen atoms in total. The van der Waals surface area contributed by atoms with Crippen LogP contribution in [-0.2, 0) is 13.0 Å². The van der Waals surface area contributed by atoms with E-state index in [9.17, 15) is 4.79 Å². The van der Waals surface area contributed by atoms with Gasteiger partial charge in [0.2, 0.25) is 0 Å². The molecule has 19 heavy (non-hydrogen) atoms. The Labute approximate surface area is 119 Å². The Morgan fingerprint density at radius 2 is 2.32 bits per heavy atom. The van der Waals surface area contributed by atoms with Crippen molar-refractivity contribution in [3.05, 3.63) is 17.5 Å². The smallest absolute Gasteiger partial charge is 0.272 e. The third kappa shape index (κ3) is 3.11. The van der Waals surface area contributed by atoms with Gasteiger partial charge >= 0.3 is 0 Å². The lowest BCUT2D eigenvalue weighted by atomic mass is 10.1. The van der Waals surface area contributed by atoms with E-state index in [-0.39, 0.29) is 5.91 Å². The molecule has 1 saturated heterocycles. The molecular formula is C14H22ClN3O. The normalized spacial score (nSPS) is 19.1. The van der Waals surface area contributed by atoms with Crippen LogP contribution in [0.15, 0.2) is 6.07 Å². The van der Waals surface area contributed by atoms with Gasteiger partial charge in [-0.2, -0.15) is 5.10 Å². The summed E-state index contributed by atoms with van der Waals surface area (Å²) < 4.78 is 1.82. The lowest BCUT2D eigenvalue weighted by molar-refractivity contribution is 0.0774. The first kappa shape index (κ1) is 14.4. The molecular weight excluding hydrogens is 262 g/mol. The van der Waals surface area contributed by atoms with E-state index in [2.05, 4.69) is 12.0 Å². The maximum Gasteiger partial charge on any atom is 0.272 e. The van der Waals surface area contributed by atoms with Crippen molar-refractivity contribution >= 4 is 17.5 Å². The molecule has 1 aliphatic rings. The molecule has 2 heterocycles. The Morgan fingerprint density at radius 1 is 1.53 bits per heavy atom. The number of hydrogen-bond acceptors (Lipinski definition) is 2. The Bertz CT molecular complexity index is 444. The largest absolute Gasteiger partial charge is 0.337 e. The first-order valence-electron chi connectivity index (χ1n) is 7.11. The van der Waals surface area contributed by atoms with E-state index in [0.29, 0.717) is 11.8 Å². The fourth-order valence-electron chi connectivity index (χ4n) is 2.63. The van der Waals surface area contributed by atoms with Crippen molar-refractivity contribution in [2.45, 2.75) is 39.7 Å². The first-order valence-corrected chi connectivity index (χ1v) is 7.65. The van der Waals surface area contributed by atoms with Gasteiger partial charge in [0.25, 0.3) is 5.91 Å². The fraction of sp³-hybridized carbons (Fsp3) is 0.714. The van der Waals surface area contributed by atoms with Crippen LogP contribution in [0.1, 0.15) is 42.9 Å². The molecule has 1 fully saturated rings. The van der Waals surface area contributed by atoms with E-state index >= 15 is 0 Å². The maximum atomic E-state index is 12.5. The number of halogens is 1. The third-order valence-corrected chi connectivity index (χ3v) is 4.02. The molecule has 0 saturated carbocycles. The molecule has 0 N–H and O–H groups in total. The molecule has 1 unspecified atom stereocenters. The lowest BCUT2D eigenvalue weighted by Crippen LogP contribution is -2.30. The fourth-order valence-corrected chi connectivity index (χ4v) is 2.93. The van der Waals surface area contributed by atoms with Crippen molar-refractivity contribution in [1.82, 2.24) is 14.7 Å². The first-order chi connectivity index (χ1) is 9.19. The minimum Gasteiger partial charge on any atom is -0.337 e. The summed E-state index contributed by atoms with van der Waals surface area (Å²) in [5.74, 6) is 1.36. The number of hydrogen-bond donors (Lipinski definition) is 0. The second kappa shape index (κ2) is 6.42. The molecule has 5 heteroatoms. The van der Waals surface area contributed by atoms with Crippen LogP contribution in [0.5, 0.6) is 0 Å². The number of amides is 1. The van der Waals surface area contributed by atoms with Gasteiger partial charge in [0.1, 0.15) is 5.69 Å². The van der Waals surface area contributed by atoms with E-state index in [1.54, 1.807) is 0 Å². The number of aryl methyl sites for hydroxylation is 2. The van der Waals surface area contributed by atoms with Gasteiger partial charge in [-0.15, -0.1) is 11.6 Å². The van der Waals surface area contributed by atoms with Gasteiger partial charge < -0.3 is 4.90 Å². The maximum absolute atomic E-state index is 12.5. The van der Waals surface area contributed by atoms with Crippen LogP contribution in [0.25, 0.3) is 0 Å². The predicted octanol–water partition coefficient (Wildman–Crippen LogP) is 2.56. The second-order valence-corrected chi connectivity index (χ2v) is 5.45. The van der Waals surface area contributed by atoms with Crippen LogP contribution in [-0.4, -0.2) is 39.6 Å². The highest BCUT2D eigenvalue weighted by atomic mass is 35.5. The topological polar surface area (TPSA) is 38.1 Å². The van der Waals surface area contributed by atoms with Gasteiger partial charge in [0, 0.05) is 25.5 Å². The number of nitrogens with zero attached hydrogens (tertiary/aromatic N) is 3. The highest BCUT2D eigenvalue weighted by molar-refractivity contribution is 6.17. The van der Waals surface area contributed by atoms with Gasteiger partial charge in [0.15, 0.2) is 0 Å². The molecule has 0 bridgehead atoms. The zero-order chi connectivity index (χ0) is 13.8. The Morgan fingerprint density at radius 3 is 2.95 bits per heavy atom. The summed E-state index contributed by atoms with van der Waals surface area (Å²) in [5.41, 5.74) is 1.72. The number of carbonyl (C=O) groups excluding carboxylic acids is 1. The average Bonchev–Trinajstić information content (AvgIpc) is 3.04. The summed E-state index contributed by atoms with van der Waals surface area (Å²) in [6.45, 7) is 6.49. The summed E-state index contributed by atoms with van der Waals surface area (Å²) in [4.78, 5) is 14.5. The van der Waals surface area contributed by atoms with Crippen LogP contribution < -0.4 is 0 Å². The molecule has 1 aliphatic heterocycles. The Hall–Kier alpha value is -1.03. The minimum atomic E-state index is 0.117. The molecule has 1 amide bonds. The van der Waals surface area contributed by atoms with E-state index in [1.807, 2.05) is 22.6 Å². The number of rotatable bonds is 5. The van der Waals surface area contributed by atoms with Gasteiger partial charge in [0.05, 0.1) is 5.69 Å². The monoisotopic (exact) mass is 283 g/mol. The van der Waals surface area contributed by atoms with Gasteiger partial charge in [-0.3, -0.25) is 9.48 Å². The highest BCUT2D eigenvalue weighted by Crippen LogP contribution is 2.22. The average molecular weight is 284 g/mol. The van der Waals surface area contributed by atoms with E-state index in [1.165, 1.54) is 0 Å². The van der Waals surface area contributed by atoms with Crippen LogP contribution in [0, 0.1) is 5.92 Å². The van der Waals surface area contributed by atoms with Crippen LogP contribution in [0.3, 0.4) is 0 Å². The van der Waals surface area contributed by atoms with Crippen LogP contribution in [0.4, 0.5) is 0 Å². The molecule has 1 atom stereocenters. The van der Waals surface area contributed by atoms with Gasteiger partial charge in [-0.25, -0.2) is 0 Å². The minimum absolute atomic E-state index is 0.117. The summed E-state index contributed by atoms with van der Waals surface area (Å²) in [6, 6.07) is 1.93.